The Morgan fingerprint density at radius 3 is 2.58 bits per heavy atom. The number of amides is 2. The Bertz CT molecular complexity index is 609. The molecular formula is C19H28ClN3O3. The van der Waals surface area contributed by atoms with Crippen molar-refractivity contribution in [3.8, 4) is 5.75 Å². The maximum absolute atomic E-state index is 12.1. The average molecular weight is 382 g/mol. The Hall–Kier alpha value is -1.79. The van der Waals surface area contributed by atoms with Crippen LogP contribution in [0, 0.1) is 5.92 Å². The summed E-state index contributed by atoms with van der Waals surface area (Å²) < 4.78 is 5.58. The van der Waals surface area contributed by atoms with E-state index in [0.29, 0.717) is 24.6 Å². The van der Waals surface area contributed by atoms with Crippen molar-refractivity contribution in [3.63, 3.8) is 0 Å². The SMILES string of the molecule is Cl.NCC1CCCCC1NC(=O)COc1ccc(N2CCCC2=O)cc1. The molecule has 0 aromatic heterocycles. The minimum atomic E-state index is -0.107. The Morgan fingerprint density at radius 1 is 1.19 bits per heavy atom. The Kier molecular flexibility index (Phi) is 7.72. The number of nitrogens with one attached hydrogen (secondary N) is 1. The number of carbonyl (C=O) groups excluding carboxylic acids is 2. The second-order valence-electron chi connectivity index (χ2n) is 6.89. The predicted molar refractivity (Wildman–Crippen MR) is 104 cm³/mol. The fourth-order valence-corrected chi connectivity index (χ4v) is 3.72. The van der Waals surface area contributed by atoms with Gasteiger partial charge in [-0.1, -0.05) is 12.8 Å². The third-order valence-electron chi connectivity index (χ3n) is 5.15. The Balaban J connectivity index is 0.00000243. The first-order chi connectivity index (χ1) is 12.2. The molecule has 1 saturated heterocycles. The molecule has 2 amide bonds. The highest BCUT2D eigenvalue weighted by Gasteiger charge is 2.25. The minimum Gasteiger partial charge on any atom is -0.484 e. The zero-order valence-electron chi connectivity index (χ0n) is 15.0. The molecule has 0 radical (unpaired) electrons. The van der Waals surface area contributed by atoms with Gasteiger partial charge in [-0.25, -0.2) is 0 Å². The summed E-state index contributed by atoms with van der Waals surface area (Å²) in [6, 6.07) is 7.50. The molecule has 3 N–H and O–H groups in total. The van der Waals surface area contributed by atoms with Crippen molar-refractivity contribution in [1.29, 1.82) is 0 Å². The van der Waals surface area contributed by atoms with E-state index in [1.807, 2.05) is 12.1 Å². The summed E-state index contributed by atoms with van der Waals surface area (Å²) in [6.07, 6.45) is 5.92. The molecule has 1 saturated carbocycles. The normalized spacial score (nSPS) is 22.7. The van der Waals surface area contributed by atoms with Gasteiger partial charge in [0.2, 0.25) is 5.91 Å². The molecule has 0 bridgehead atoms. The molecule has 2 aliphatic rings. The standard InChI is InChI=1S/C19H27N3O3.ClH/c20-12-14-4-1-2-5-17(14)21-18(23)13-25-16-9-7-15(8-10-16)22-11-3-6-19(22)24;/h7-10,14,17H,1-6,11-13,20H2,(H,21,23);1H. The molecule has 7 heteroatoms. The van der Waals surface area contributed by atoms with Gasteiger partial charge in [0, 0.05) is 24.7 Å². The van der Waals surface area contributed by atoms with Gasteiger partial charge in [0.05, 0.1) is 0 Å². The molecule has 0 spiro atoms. The number of nitrogens with zero attached hydrogens (tertiary/aromatic N) is 1. The molecular weight excluding hydrogens is 354 g/mol. The molecule has 3 rings (SSSR count). The summed E-state index contributed by atoms with van der Waals surface area (Å²) in [5, 5.41) is 3.06. The summed E-state index contributed by atoms with van der Waals surface area (Å²) in [5.41, 5.74) is 6.68. The van der Waals surface area contributed by atoms with Gasteiger partial charge < -0.3 is 20.7 Å². The number of hydrogen-bond acceptors (Lipinski definition) is 4. The topological polar surface area (TPSA) is 84.7 Å². The number of carbonyl (C=O) groups is 2. The van der Waals surface area contributed by atoms with Crippen LogP contribution in [0.1, 0.15) is 38.5 Å². The van der Waals surface area contributed by atoms with Crippen LogP contribution in [0.4, 0.5) is 5.69 Å². The smallest absolute Gasteiger partial charge is 0.258 e. The van der Waals surface area contributed by atoms with Gasteiger partial charge in [0.25, 0.3) is 5.91 Å². The summed E-state index contributed by atoms with van der Waals surface area (Å²) in [5.74, 6) is 1.05. The molecule has 1 aliphatic carbocycles. The van der Waals surface area contributed by atoms with Crippen LogP contribution in [0.2, 0.25) is 0 Å². The van der Waals surface area contributed by atoms with Crippen molar-refractivity contribution >= 4 is 29.9 Å². The van der Waals surface area contributed by atoms with E-state index < -0.39 is 0 Å². The van der Waals surface area contributed by atoms with E-state index in [4.69, 9.17) is 10.5 Å². The van der Waals surface area contributed by atoms with Crippen molar-refractivity contribution in [3.05, 3.63) is 24.3 Å². The van der Waals surface area contributed by atoms with Crippen LogP contribution in [0.25, 0.3) is 0 Å². The summed E-state index contributed by atoms with van der Waals surface area (Å²) in [7, 11) is 0. The molecule has 2 unspecified atom stereocenters. The van der Waals surface area contributed by atoms with E-state index in [0.717, 1.165) is 37.9 Å². The van der Waals surface area contributed by atoms with E-state index in [1.54, 1.807) is 17.0 Å². The third kappa shape index (κ3) is 5.11. The van der Waals surface area contributed by atoms with Crippen LogP contribution in [-0.4, -0.2) is 37.6 Å². The Morgan fingerprint density at radius 2 is 1.92 bits per heavy atom. The van der Waals surface area contributed by atoms with Gasteiger partial charge in [0.1, 0.15) is 5.75 Å². The van der Waals surface area contributed by atoms with Crippen molar-refractivity contribution in [2.75, 3.05) is 24.6 Å². The maximum atomic E-state index is 12.1. The fraction of sp³-hybridized carbons (Fsp3) is 0.579. The molecule has 6 nitrogen and oxygen atoms in total. The van der Waals surface area contributed by atoms with E-state index in [9.17, 15) is 9.59 Å². The number of halogens is 1. The molecule has 2 fully saturated rings. The van der Waals surface area contributed by atoms with Gasteiger partial charge in [-0.05, 0) is 56.0 Å². The largest absolute Gasteiger partial charge is 0.484 e. The first-order valence-corrected chi connectivity index (χ1v) is 9.20. The lowest BCUT2D eigenvalue weighted by Crippen LogP contribution is -2.46. The molecule has 144 valence electrons. The van der Waals surface area contributed by atoms with Crippen molar-refractivity contribution in [2.24, 2.45) is 11.7 Å². The summed E-state index contributed by atoms with van der Waals surface area (Å²) in [4.78, 5) is 25.7. The van der Waals surface area contributed by atoms with E-state index in [1.165, 1.54) is 6.42 Å². The number of anilines is 1. The van der Waals surface area contributed by atoms with Crippen LogP contribution in [0.3, 0.4) is 0 Å². The first-order valence-electron chi connectivity index (χ1n) is 9.20. The number of hydrogen-bond donors (Lipinski definition) is 2. The number of benzene rings is 1. The van der Waals surface area contributed by atoms with Crippen molar-refractivity contribution in [2.45, 2.75) is 44.6 Å². The summed E-state index contributed by atoms with van der Waals surface area (Å²) in [6.45, 7) is 1.38. The maximum Gasteiger partial charge on any atom is 0.258 e. The van der Waals surface area contributed by atoms with E-state index >= 15 is 0 Å². The molecule has 1 aliphatic heterocycles. The molecule has 1 aromatic rings. The minimum absolute atomic E-state index is 0. The first kappa shape index (κ1) is 20.5. The van der Waals surface area contributed by atoms with Crippen molar-refractivity contribution < 1.29 is 14.3 Å². The Labute approximate surface area is 160 Å². The van der Waals surface area contributed by atoms with E-state index in [2.05, 4.69) is 5.32 Å². The number of ether oxygens (including phenoxy) is 1. The van der Waals surface area contributed by atoms with E-state index in [-0.39, 0.29) is 36.9 Å². The molecule has 1 heterocycles. The second-order valence-corrected chi connectivity index (χ2v) is 6.89. The zero-order valence-corrected chi connectivity index (χ0v) is 15.8. The van der Waals surface area contributed by atoms with Crippen LogP contribution < -0.4 is 20.7 Å². The quantitative estimate of drug-likeness (QED) is 0.791. The van der Waals surface area contributed by atoms with Gasteiger partial charge in [-0.15, -0.1) is 12.4 Å². The zero-order chi connectivity index (χ0) is 17.6. The van der Waals surface area contributed by atoms with Crippen LogP contribution in [-0.2, 0) is 9.59 Å². The highest BCUT2D eigenvalue weighted by Crippen LogP contribution is 2.25. The highest BCUT2D eigenvalue weighted by atomic mass is 35.5. The van der Waals surface area contributed by atoms with Gasteiger partial charge in [0.15, 0.2) is 6.61 Å². The number of rotatable bonds is 6. The fourth-order valence-electron chi connectivity index (χ4n) is 3.72. The van der Waals surface area contributed by atoms with Gasteiger partial charge in [-0.3, -0.25) is 9.59 Å². The van der Waals surface area contributed by atoms with Crippen molar-refractivity contribution in [1.82, 2.24) is 5.32 Å². The lowest BCUT2D eigenvalue weighted by Gasteiger charge is -2.31. The average Bonchev–Trinajstić information content (AvgIpc) is 3.07. The highest BCUT2D eigenvalue weighted by molar-refractivity contribution is 5.95. The van der Waals surface area contributed by atoms with Crippen LogP contribution in [0.5, 0.6) is 5.75 Å². The third-order valence-corrected chi connectivity index (χ3v) is 5.15. The van der Waals surface area contributed by atoms with Gasteiger partial charge >= 0.3 is 0 Å². The molecule has 1 aromatic carbocycles. The monoisotopic (exact) mass is 381 g/mol. The predicted octanol–water partition coefficient (Wildman–Crippen LogP) is 2.25. The van der Waals surface area contributed by atoms with Crippen LogP contribution >= 0.6 is 12.4 Å². The van der Waals surface area contributed by atoms with Gasteiger partial charge in [-0.2, -0.15) is 0 Å². The molecule has 26 heavy (non-hydrogen) atoms. The van der Waals surface area contributed by atoms with Crippen LogP contribution in [0.15, 0.2) is 24.3 Å². The summed E-state index contributed by atoms with van der Waals surface area (Å²) >= 11 is 0. The number of nitrogens with two attached hydrogens (primary N) is 1. The lowest BCUT2D eigenvalue weighted by atomic mass is 9.84. The lowest BCUT2D eigenvalue weighted by molar-refractivity contribution is -0.124. The second kappa shape index (κ2) is 9.78. The molecule has 2 atom stereocenters.